The van der Waals surface area contributed by atoms with Gasteiger partial charge in [0, 0.05) is 32.0 Å². The molecule has 0 saturated carbocycles. The quantitative estimate of drug-likeness (QED) is 0.539. The smallest absolute Gasteiger partial charge is 0.273 e. The molecule has 8 heteroatoms. The van der Waals surface area contributed by atoms with Crippen molar-refractivity contribution in [2.45, 2.75) is 38.6 Å². The SMILES string of the molecule is CCc1nc(C(=O)NC)c(Nc2cccc(CCN)c2)nc1NC1CCOCC1. The van der Waals surface area contributed by atoms with Crippen LogP contribution in [0.25, 0.3) is 0 Å². The van der Waals surface area contributed by atoms with Gasteiger partial charge in [0.1, 0.15) is 0 Å². The molecule has 0 spiro atoms. The van der Waals surface area contributed by atoms with Crippen LogP contribution in [0.2, 0.25) is 0 Å². The lowest BCUT2D eigenvalue weighted by Gasteiger charge is -2.25. The van der Waals surface area contributed by atoms with Gasteiger partial charge in [-0.25, -0.2) is 9.97 Å². The fraction of sp³-hybridized carbons (Fsp3) is 0.476. The van der Waals surface area contributed by atoms with Crippen LogP contribution in [0.15, 0.2) is 24.3 Å². The number of carbonyl (C=O) groups is 1. The molecule has 5 N–H and O–H groups in total. The normalized spacial score (nSPS) is 14.4. The lowest BCUT2D eigenvalue weighted by Crippen LogP contribution is -2.29. The average molecular weight is 399 g/mol. The van der Waals surface area contributed by atoms with E-state index < -0.39 is 0 Å². The van der Waals surface area contributed by atoms with E-state index in [0.717, 1.165) is 49.4 Å². The van der Waals surface area contributed by atoms with Crippen LogP contribution in [0.4, 0.5) is 17.3 Å². The third kappa shape index (κ3) is 5.42. The highest BCUT2D eigenvalue weighted by Gasteiger charge is 2.21. The number of anilines is 3. The third-order valence-electron chi connectivity index (χ3n) is 4.93. The zero-order valence-electron chi connectivity index (χ0n) is 17.1. The van der Waals surface area contributed by atoms with Crippen molar-refractivity contribution in [1.82, 2.24) is 15.3 Å². The second-order valence-electron chi connectivity index (χ2n) is 7.04. The van der Waals surface area contributed by atoms with E-state index in [0.29, 0.717) is 24.6 Å². The second-order valence-corrected chi connectivity index (χ2v) is 7.04. The molecule has 1 aliphatic heterocycles. The maximum absolute atomic E-state index is 12.5. The highest BCUT2D eigenvalue weighted by molar-refractivity contribution is 5.97. The number of nitrogens with zero attached hydrogens (tertiary/aromatic N) is 2. The highest BCUT2D eigenvalue weighted by atomic mass is 16.5. The Morgan fingerprint density at radius 3 is 2.72 bits per heavy atom. The van der Waals surface area contributed by atoms with Gasteiger partial charge in [-0.15, -0.1) is 0 Å². The van der Waals surface area contributed by atoms with Crippen LogP contribution in [-0.4, -0.2) is 48.7 Å². The van der Waals surface area contributed by atoms with Crippen LogP contribution in [0.3, 0.4) is 0 Å². The summed E-state index contributed by atoms with van der Waals surface area (Å²) in [6, 6.07) is 8.23. The van der Waals surface area contributed by atoms with E-state index in [9.17, 15) is 4.79 Å². The number of nitrogens with two attached hydrogens (primary N) is 1. The summed E-state index contributed by atoms with van der Waals surface area (Å²) in [7, 11) is 1.59. The van der Waals surface area contributed by atoms with Crippen LogP contribution in [0.1, 0.15) is 41.5 Å². The number of ether oxygens (including phenoxy) is 1. The van der Waals surface area contributed by atoms with Crippen molar-refractivity contribution in [3.63, 3.8) is 0 Å². The van der Waals surface area contributed by atoms with Crippen LogP contribution in [0, 0.1) is 0 Å². The molecule has 1 aromatic heterocycles. The number of aromatic nitrogens is 2. The molecule has 156 valence electrons. The summed E-state index contributed by atoms with van der Waals surface area (Å²) in [5.41, 5.74) is 8.70. The summed E-state index contributed by atoms with van der Waals surface area (Å²) in [6.07, 6.45) is 3.31. The molecular formula is C21H30N6O2. The Bertz CT molecular complexity index is 836. The fourth-order valence-electron chi connectivity index (χ4n) is 3.34. The van der Waals surface area contributed by atoms with Gasteiger partial charge in [-0.1, -0.05) is 19.1 Å². The minimum Gasteiger partial charge on any atom is -0.381 e. The first-order valence-electron chi connectivity index (χ1n) is 10.2. The first-order valence-corrected chi connectivity index (χ1v) is 10.2. The summed E-state index contributed by atoms with van der Waals surface area (Å²) in [6.45, 7) is 4.07. The molecular weight excluding hydrogens is 368 g/mol. The number of carbonyl (C=O) groups excluding carboxylic acids is 1. The Balaban J connectivity index is 1.94. The molecule has 2 aromatic rings. The lowest BCUT2D eigenvalue weighted by molar-refractivity contribution is 0.0903. The second kappa shape index (κ2) is 10.2. The van der Waals surface area contributed by atoms with Crippen molar-refractivity contribution < 1.29 is 9.53 Å². The molecule has 1 fully saturated rings. The maximum Gasteiger partial charge on any atom is 0.273 e. The van der Waals surface area contributed by atoms with Crippen molar-refractivity contribution >= 4 is 23.2 Å². The number of benzene rings is 1. The molecule has 2 heterocycles. The Morgan fingerprint density at radius 2 is 2.03 bits per heavy atom. The molecule has 3 rings (SSSR count). The van der Waals surface area contributed by atoms with Gasteiger partial charge in [0.2, 0.25) is 0 Å². The number of hydrogen-bond donors (Lipinski definition) is 4. The molecule has 1 saturated heterocycles. The Kier molecular flexibility index (Phi) is 7.37. The maximum atomic E-state index is 12.5. The predicted molar refractivity (Wildman–Crippen MR) is 115 cm³/mol. The van der Waals surface area contributed by atoms with E-state index in [1.807, 2.05) is 31.2 Å². The molecule has 1 aliphatic rings. The van der Waals surface area contributed by atoms with Gasteiger partial charge in [0.15, 0.2) is 17.3 Å². The summed E-state index contributed by atoms with van der Waals surface area (Å²) in [5, 5.41) is 9.43. The zero-order chi connectivity index (χ0) is 20.6. The Hall–Kier alpha value is -2.71. The number of rotatable bonds is 8. The monoisotopic (exact) mass is 398 g/mol. The molecule has 8 nitrogen and oxygen atoms in total. The first kappa shape index (κ1) is 21.0. The number of aryl methyl sites for hydroxylation is 1. The molecule has 0 bridgehead atoms. The fourth-order valence-corrected chi connectivity index (χ4v) is 3.34. The van der Waals surface area contributed by atoms with E-state index in [2.05, 4.69) is 20.9 Å². The zero-order valence-corrected chi connectivity index (χ0v) is 17.1. The van der Waals surface area contributed by atoms with Crippen molar-refractivity contribution in [2.24, 2.45) is 5.73 Å². The van der Waals surface area contributed by atoms with Gasteiger partial charge in [-0.2, -0.15) is 0 Å². The van der Waals surface area contributed by atoms with Crippen molar-refractivity contribution in [3.8, 4) is 0 Å². The highest BCUT2D eigenvalue weighted by Crippen LogP contribution is 2.25. The van der Waals surface area contributed by atoms with Gasteiger partial charge in [0.05, 0.1) is 5.69 Å². The average Bonchev–Trinajstić information content (AvgIpc) is 2.75. The topological polar surface area (TPSA) is 114 Å². The van der Waals surface area contributed by atoms with E-state index in [1.165, 1.54) is 0 Å². The van der Waals surface area contributed by atoms with E-state index in [4.69, 9.17) is 15.5 Å². The molecule has 1 aromatic carbocycles. The number of amides is 1. The lowest BCUT2D eigenvalue weighted by atomic mass is 10.1. The van der Waals surface area contributed by atoms with Crippen LogP contribution in [-0.2, 0) is 17.6 Å². The molecule has 0 aliphatic carbocycles. The summed E-state index contributed by atoms with van der Waals surface area (Å²) in [5.74, 6) is 0.874. The van der Waals surface area contributed by atoms with Crippen LogP contribution >= 0.6 is 0 Å². The van der Waals surface area contributed by atoms with E-state index >= 15 is 0 Å². The standard InChI is InChI=1S/C21H30N6O2/c1-3-17-19(24-15-8-11-29-12-9-15)27-20(18(26-17)21(28)23-2)25-16-6-4-5-14(13-16)7-10-22/h4-6,13,15H,3,7-12,22H2,1-2H3,(H,23,28)(H2,24,25,27). The summed E-state index contributed by atoms with van der Waals surface area (Å²) in [4.78, 5) is 21.9. The molecule has 29 heavy (non-hydrogen) atoms. The molecule has 0 unspecified atom stereocenters. The Morgan fingerprint density at radius 1 is 1.24 bits per heavy atom. The number of nitrogens with one attached hydrogen (secondary N) is 3. The van der Waals surface area contributed by atoms with Gasteiger partial charge in [-0.05, 0) is 49.9 Å². The van der Waals surface area contributed by atoms with Gasteiger partial charge >= 0.3 is 0 Å². The van der Waals surface area contributed by atoms with E-state index in [1.54, 1.807) is 7.05 Å². The summed E-state index contributed by atoms with van der Waals surface area (Å²) >= 11 is 0. The third-order valence-corrected chi connectivity index (χ3v) is 4.93. The minimum atomic E-state index is -0.273. The van der Waals surface area contributed by atoms with Gasteiger partial charge in [0.25, 0.3) is 5.91 Å². The predicted octanol–water partition coefficient (Wildman–Crippen LogP) is 2.23. The minimum absolute atomic E-state index is 0.273. The van der Waals surface area contributed by atoms with Crippen LogP contribution in [0.5, 0.6) is 0 Å². The molecule has 0 radical (unpaired) electrons. The van der Waals surface area contributed by atoms with Gasteiger partial charge < -0.3 is 26.4 Å². The van der Waals surface area contributed by atoms with Crippen molar-refractivity contribution in [2.75, 3.05) is 37.4 Å². The first-order chi connectivity index (χ1) is 14.1. The number of hydrogen-bond acceptors (Lipinski definition) is 7. The van der Waals surface area contributed by atoms with Crippen LogP contribution < -0.4 is 21.7 Å². The largest absolute Gasteiger partial charge is 0.381 e. The Labute approximate surface area is 171 Å². The summed E-state index contributed by atoms with van der Waals surface area (Å²) < 4.78 is 5.44. The molecule has 1 amide bonds. The van der Waals surface area contributed by atoms with Gasteiger partial charge in [-0.3, -0.25) is 4.79 Å². The van der Waals surface area contributed by atoms with Crippen molar-refractivity contribution in [3.05, 3.63) is 41.2 Å². The van der Waals surface area contributed by atoms with E-state index in [-0.39, 0.29) is 17.6 Å². The molecule has 0 atom stereocenters. The van der Waals surface area contributed by atoms with Crippen molar-refractivity contribution in [1.29, 1.82) is 0 Å².